The lowest BCUT2D eigenvalue weighted by atomic mass is 10.1. The maximum atomic E-state index is 11.9. The van der Waals surface area contributed by atoms with Gasteiger partial charge in [0.15, 0.2) is 0 Å². The second kappa shape index (κ2) is 6.64. The molecule has 0 aliphatic carbocycles. The third-order valence-electron chi connectivity index (χ3n) is 2.14. The zero-order chi connectivity index (χ0) is 13.5. The minimum Gasteiger partial charge on any atom is -0.481 e. The number of carbonyl (C=O) groups excluding carboxylic acids is 1. The predicted octanol–water partition coefficient (Wildman–Crippen LogP) is 1.56. The quantitative estimate of drug-likeness (QED) is 0.586. The van der Waals surface area contributed by atoms with Gasteiger partial charge in [-0.3, -0.25) is 0 Å². The number of methoxy groups -OCH3 is 1. The van der Waals surface area contributed by atoms with Crippen LogP contribution in [0.1, 0.15) is 12.5 Å². The van der Waals surface area contributed by atoms with E-state index >= 15 is 0 Å². The number of ether oxygens (including phenoxy) is 2. The average Bonchev–Trinajstić information content (AvgIpc) is 2.36. The summed E-state index contributed by atoms with van der Waals surface area (Å²) in [5, 5.41) is 0. The third-order valence-corrected chi connectivity index (χ3v) is 2.14. The van der Waals surface area contributed by atoms with E-state index in [0.29, 0.717) is 23.6 Å². The van der Waals surface area contributed by atoms with Crippen molar-refractivity contribution in [3.8, 4) is 5.88 Å². The molecule has 1 aromatic rings. The molecule has 1 aromatic heterocycles. The first-order chi connectivity index (χ1) is 8.58. The van der Waals surface area contributed by atoms with E-state index in [0.717, 1.165) is 0 Å². The Hall–Kier alpha value is -2.04. The largest absolute Gasteiger partial charge is 0.481 e. The van der Waals surface area contributed by atoms with Crippen LogP contribution in [-0.4, -0.2) is 43.7 Å². The number of carbonyl (C=O) groups is 1. The molecular weight excluding hydrogens is 232 g/mol. The molecule has 0 saturated carbocycles. The summed E-state index contributed by atoms with van der Waals surface area (Å²) in [5.41, 5.74) is 1.19. The van der Waals surface area contributed by atoms with E-state index in [4.69, 9.17) is 9.47 Å². The van der Waals surface area contributed by atoms with Crippen LogP contribution < -0.4 is 4.74 Å². The van der Waals surface area contributed by atoms with Crippen LogP contribution in [0.3, 0.4) is 0 Å². The summed E-state index contributed by atoms with van der Waals surface area (Å²) in [6.07, 6.45) is 3.31. The van der Waals surface area contributed by atoms with Crippen LogP contribution in [0, 0.1) is 0 Å². The highest BCUT2D eigenvalue weighted by molar-refractivity contribution is 6.16. The number of hydrogen-bond donors (Lipinski definition) is 0. The molecule has 0 saturated heterocycles. The fourth-order valence-corrected chi connectivity index (χ4v) is 1.40. The summed E-state index contributed by atoms with van der Waals surface area (Å²) < 4.78 is 10.1. The van der Waals surface area contributed by atoms with Gasteiger partial charge in [0.2, 0.25) is 5.88 Å². The van der Waals surface area contributed by atoms with E-state index in [1.165, 1.54) is 7.11 Å². The standard InChI is InChI=1S/C13H18N2O3/c1-5-18-13(16)11(9-15(2)3)10-6-7-14-12(8-10)17-4/h6-9H,5H2,1-4H3. The van der Waals surface area contributed by atoms with Gasteiger partial charge in [0.1, 0.15) is 0 Å². The van der Waals surface area contributed by atoms with Gasteiger partial charge < -0.3 is 14.4 Å². The fourth-order valence-electron chi connectivity index (χ4n) is 1.40. The Balaban J connectivity index is 3.13. The summed E-state index contributed by atoms with van der Waals surface area (Å²) in [6.45, 7) is 2.12. The first kappa shape index (κ1) is 14.0. The van der Waals surface area contributed by atoms with Gasteiger partial charge in [-0.05, 0) is 18.6 Å². The zero-order valence-electron chi connectivity index (χ0n) is 11.1. The number of hydrogen-bond acceptors (Lipinski definition) is 5. The molecule has 0 N–H and O–H groups in total. The molecular formula is C13H18N2O3. The SMILES string of the molecule is CCOC(=O)C(=CN(C)C)c1ccnc(OC)c1. The molecule has 5 heteroatoms. The maximum absolute atomic E-state index is 11.9. The molecule has 0 radical (unpaired) electrons. The van der Waals surface area contributed by atoms with Crippen molar-refractivity contribution < 1.29 is 14.3 Å². The first-order valence-electron chi connectivity index (χ1n) is 5.64. The van der Waals surface area contributed by atoms with Crippen molar-refractivity contribution in [1.29, 1.82) is 0 Å². The minimum atomic E-state index is -0.362. The number of rotatable bonds is 5. The third kappa shape index (κ3) is 3.76. The van der Waals surface area contributed by atoms with Crippen LogP contribution in [0.4, 0.5) is 0 Å². The van der Waals surface area contributed by atoms with Crippen molar-refractivity contribution in [2.75, 3.05) is 27.8 Å². The van der Waals surface area contributed by atoms with Crippen molar-refractivity contribution in [3.05, 3.63) is 30.1 Å². The normalized spacial score (nSPS) is 11.0. The Morgan fingerprint density at radius 2 is 2.22 bits per heavy atom. The molecule has 0 aliphatic heterocycles. The Morgan fingerprint density at radius 1 is 1.50 bits per heavy atom. The van der Waals surface area contributed by atoms with Crippen molar-refractivity contribution in [2.45, 2.75) is 6.92 Å². The van der Waals surface area contributed by atoms with Crippen molar-refractivity contribution in [3.63, 3.8) is 0 Å². The van der Waals surface area contributed by atoms with Crippen LogP contribution in [0.15, 0.2) is 24.5 Å². The molecule has 0 unspecified atom stereocenters. The van der Waals surface area contributed by atoms with Gasteiger partial charge in [-0.25, -0.2) is 9.78 Å². The highest BCUT2D eigenvalue weighted by atomic mass is 16.5. The van der Waals surface area contributed by atoms with Crippen LogP contribution in [0.5, 0.6) is 5.88 Å². The Kier molecular flexibility index (Phi) is 5.17. The zero-order valence-corrected chi connectivity index (χ0v) is 11.1. The van der Waals surface area contributed by atoms with Crippen LogP contribution in [-0.2, 0) is 9.53 Å². The van der Waals surface area contributed by atoms with Gasteiger partial charge in [0.25, 0.3) is 0 Å². The lowest BCUT2D eigenvalue weighted by molar-refractivity contribution is -0.136. The lowest BCUT2D eigenvalue weighted by Gasteiger charge is -2.12. The monoisotopic (exact) mass is 250 g/mol. The van der Waals surface area contributed by atoms with Gasteiger partial charge >= 0.3 is 5.97 Å². The Morgan fingerprint density at radius 3 is 2.78 bits per heavy atom. The molecule has 0 aliphatic rings. The van der Waals surface area contributed by atoms with Crippen LogP contribution in [0.2, 0.25) is 0 Å². The van der Waals surface area contributed by atoms with Crippen LogP contribution in [0.25, 0.3) is 5.57 Å². The van der Waals surface area contributed by atoms with Crippen molar-refractivity contribution in [1.82, 2.24) is 9.88 Å². The van der Waals surface area contributed by atoms with Gasteiger partial charge in [-0.2, -0.15) is 0 Å². The summed E-state index contributed by atoms with van der Waals surface area (Å²) >= 11 is 0. The molecule has 1 rings (SSSR count). The number of esters is 1. The summed E-state index contributed by atoms with van der Waals surface area (Å²) in [7, 11) is 5.22. The topological polar surface area (TPSA) is 51.7 Å². The second-order valence-corrected chi connectivity index (χ2v) is 3.81. The molecule has 0 amide bonds. The highest BCUT2D eigenvalue weighted by Crippen LogP contribution is 2.19. The van der Waals surface area contributed by atoms with Gasteiger partial charge in [-0.1, -0.05) is 0 Å². The van der Waals surface area contributed by atoms with Gasteiger partial charge in [-0.15, -0.1) is 0 Å². The molecule has 0 atom stereocenters. The summed E-state index contributed by atoms with van der Waals surface area (Å²) in [6, 6.07) is 3.45. The Labute approximate surface area is 107 Å². The van der Waals surface area contributed by atoms with Crippen molar-refractivity contribution >= 4 is 11.5 Å². The van der Waals surface area contributed by atoms with E-state index in [-0.39, 0.29) is 5.97 Å². The van der Waals surface area contributed by atoms with E-state index in [1.54, 1.807) is 36.4 Å². The molecule has 0 spiro atoms. The summed E-state index contributed by atoms with van der Waals surface area (Å²) in [4.78, 5) is 17.7. The maximum Gasteiger partial charge on any atom is 0.340 e. The lowest BCUT2D eigenvalue weighted by Crippen LogP contribution is -2.11. The van der Waals surface area contributed by atoms with E-state index in [1.807, 2.05) is 14.1 Å². The van der Waals surface area contributed by atoms with Gasteiger partial charge in [0, 0.05) is 32.6 Å². The van der Waals surface area contributed by atoms with E-state index < -0.39 is 0 Å². The molecule has 5 nitrogen and oxygen atoms in total. The first-order valence-corrected chi connectivity index (χ1v) is 5.64. The molecule has 1 heterocycles. The molecule has 0 fully saturated rings. The number of nitrogens with zero attached hydrogens (tertiary/aromatic N) is 2. The predicted molar refractivity (Wildman–Crippen MR) is 69.1 cm³/mol. The van der Waals surface area contributed by atoms with E-state index in [2.05, 4.69) is 4.98 Å². The molecule has 18 heavy (non-hydrogen) atoms. The molecule has 98 valence electrons. The van der Waals surface area contributed by atoms with Gasteiger partial charge in [0.05, 0.1) is 19.3 Å². The van der Waals surface area contributed by atoms with Crippen molar-refractivity contribution in [2.24, 2.45) is 0 Å². The number of aromatic nitrogens is 1. The second-order valence-electron chi connectivity index (χ2n) is 3.81. The fraction of sp³-hybridized carbons (Fsp3) is 0.385. The summed E-state index contributed by atoms with van der Waals surface area (Å²) in [5.74, 6) is 0.0981. The van der Waals surface area contributed by atoms with Crippen LogP contribution >= 0.6 is 0 Å². The highest BCUT2D eigenvalue weighted by Gasteiger charge is 2.14. The smallest absolute Gasteiger partial charge is 0.340 e. The molecule has 0 bridgehead atoms. The Bertz CT molecular complexity index is 442. The number of pyridine rings is 1. The average molecular weight is 250 g/mol. The van der Waals surface area contributed by atoms with E-state index in [9.17, 15) is 4.79 Å². The minimum absolute atomic E-state index is 0.339. The molecule has 0 aromatic carbocycles.